The van der Waals surface area contributed by atoms with Crippen LogP contribution in [-0.4, -0.2) is 31.2 Å². The first-order valence-electron chi connectivity index (χ1n) is 7.37. The zero-order valence-electron chi connectivity index (χ0n) is 11.9. The summed E-state index contributed by atoms with van der Waals surface area (Å²) in [6, 6.07) is 7.00. The van der Waals surface area contributed by atoms with Crippen LogP contribution in [0, 0.1) is 5.92 Å². The third-order valence-corrected chi connectivity index (χ3v) is 3.91. The Hall–Kier alpha value is -1.22. The van der Waals surface area contributed by atoms with Gasteiger partial charge in [0.15, 0.2) is 11.5 Å². The van der Waals surface area contributed by atoms with Crippen molar-refractivity contribution in [2.45, 2.75) is 32.7 Å². The summed E-state index contributed by atoms with van der Waals surface area (Å²) in [7, 11) is 0. The van der Waals surface area contributed by atoms with Gasteiger partial charge < -0.3 is 9.47 Å². The number of ether oxygens (including phenoxy) is 2. The van der Waals surface area contributed by atoms with Gasteiger partial charge in [-0.15, -0.1) is 0 Å². The lowest BCUT2D eigenvalue weighted by Gasteiger charge is -2.27. The van der Waals surface area contributed by atoms with Crippen LogP contribution in [0.1, 0.15) is 38.3 Å². The van der Waals surface area contributed by atoms with Crippen LogP contribution in [0.4, 0.5) is 0 Å². The summed E-state index contributed by atoms with van der Waals surface area (Å²) in [4.78, 5) is 2.61. The minimum Gasteiger partial charge on any atom is -0.486 e. The minimum atomic E-state index is 0.554. The lowest BCUT2D eigenvalue weighted by atomic mass is 10.0. The van der Waals surface area contributed by atoms with Crippen molar-refractivity contribution < 1.29 is 9.47 Å². The molecular weight excluding hydrogens is 238 g/mol. The third-order valence-electron chi connectivity index (χ3n) is 3.91. The fourth-order valence-electron chi connectivity index (χ4n) is 3.16. The van der Waals surface area contributed by atoms with Crippen LogP contribution in [0.2, 0.25) is 0 Å². The fourth-order valence-corrected chi connectivity index (χ4v) is 3.16. The molecule has 3 heteroatoms. The molecule has 2 heterocycles. The maximum absolute atomic E-state index is 5.70. The number of nitrogens with zero attached hydrogens (tertiary/aromatic N) is 1. The molecule has 1 aromatic rings. The van der Waals surface area contributed by atoms with Gasteiger partial charge in [0.05, 0.1) is 0 Å². The number of hydrogen-bond donors (Lipinski definition) is 0. The van der Waals surface area contributed by atoms with Gasteiger partial charge in [-0.25, -0.2) is 0 Å². The highest BCUT2D eigenvalue weighted by atomic mass is 16.6. The molecule has 1 aromatic carbocycles. The maximum Gasteiger partial charge on any atom is 0.161 e. The zero-order chi connectivity index (χ0) is 13.2. The second kappa shape index (κ2) is 5.41. The molecule has 0 unspecified atom stereocenters. The molecule has 104 valence electrons. The molecule has 0 radical (unpaired) electrons. The number of fused-ring (bicyclic) bond motifs is 1. The molecule has 1 fully saturated rings. The van der Waals surface area contributed by atoms with Crippen molar-refractivity contribution >= 4 is 0 Å². The van der Waals surface area contributed by atoms with Crippen molar-refractivity contribution in [3.63, 3.8) is 0 Å². The monoisotopic (exact) mass is 261 g/mol. The summed E-state index contributed by atoms with van der Waals surface area (Å²) < 4.78 is 11.3. The highest BCUT2D eigenvalue weighted by Gasteiger charge is 2.27. The molecule has 0 N–H and O–H groups in total. The quantitative estimate of drug-likeness (QED) is 0.833. The van der Waals surface area contributed by atoms with Crippen LogP contribution in [0.15, 0.2) is 18.2 Å². The molecule has 0 bridgehead atoms. The topological polar surface area (TPSA) is 21.7 Å². The highest BCUT2D eigenvalue weighted by Crippen LogP contribution is 2.38. The Morgan fingerprint density at radius 3 is 2.79 bits per heavy atom. The van der Waals surface area contributed by atoms with Crippen LogP contribution in [0.5, 0.6) is 11.5 Å². The number of hydrogen-bond acceptors (Lipinski definition) is 3. The number of likely N-dealkylation sites (tertiary alicyclic amines) is 1. The Morgan fingerprint density at radius 1 is 1.21 bits per heavy atom. The van der Waals surface area contributed by atoms with Gasteiger partial charge in [-0.2, -0.15) is 0 Å². The average molecular weight is 261 g/mol. The molecule has 0 spiro atoms. The first kappa shape index (κ1) is 12.8. The Labute approximate surface area is 115 Å². The van der Waals surface area contributed by atoms with Gasteiger partial charge >= 0.3 is 0 Å². The van der Waals surface area contributed by atoms with Crippen LogP contribution >= 0.6 is 0 Å². The molecule has 3 nitrogen and oxygen atoms in total. The predicted molar refractivity (Wildman–Crippen MR) is 75.8 cm³/mol. The number of rotatable bonds is 3. The molecule has 2 aliphatic heterocycles. The van der Waals surface area contributed by atoms with E-state index in [1.54, 1.807) is 0 Å². The molecule has 0 saturated carbocycles. The molecule has 0 aromatic heterocycles. The van der Waals surface area contributed by atoms with E-state index in [1.165, 1.54) is 31.5 Å². The minimum absolute atomic E-state index is 0.554. The van der Waals surface area contributed by atoms with Crippen LogP contribution in [-0.2, 0) is 0 Å². The van der Waals surface area contributed by atoms with Crippen LogP contribution < -0.4 is 9.47 Å². The van der Waals surface area contributed by atoms with Gasteiger partial charge in [0.2, 0.25) is 0 Å². The van der Waals surface area contributed by atoms with Gasteiger partial charge in [-0.1, -0.05) is 19.9 Å². The second-order valence-electron chi connectivity index (χ2n) is 5.95. The molecule has 1 saturated heterocycles. The largest absolute Gasteiger partial charge is 0.486 e. The summed E-state index contributed by atoms with van der Waals surface area (Å²) in [6.45, 7) is 8.31. The summed E-state index contributed by atoms with van der Waals surface area (Å²) in [6.07, 6.45) is 2.55. The van der Waals surface area contributed by atoms with E-state index in [1.807, 2.05) is 0 Å². The lowest BCUT2D eigenvalue weighted by Crippen LogP contribution is -2.27. The van der Waals surface area contributed by atoms with E-state index in [0.29, 0.717) is 19.3 Å². The first-order valence-corrected chi connectivity index (χ1v) is 7.37. The van der Waals surface area contributed by atoms with Crippen molar-refractivity contribution in [2.75, 3.05) is 26.3 Å². The Bertz CT molecular complexity index is 444. The lowest BCUT2D eigenvalue weighted by molar-refractivity contribution is 0.170. The zero-order valence-corrected chi connectivity index (χ0v) is 11.9. The van der Waals surface area contributed by atoms with Gasteiger partial charge in [-0.05, 0) is 43.0 Å². The van der Waals surface area contributed by atoms with E-state index < -0.39 is 0 Å². The van der Waals surface area contributed by atoms with Crippen molar-refractivity contribution in [3.8, 4) is 11.5 Å². The highest BCUT2D eigenvalue weighted by molar-refractivity contribution is 5.44. The average Bonchev–Trinajstić information content (AvgIpc) is 2.85. The van der Waals surface area contributed by atoms with E-state index in [9.17, 15) is 0 Å². The van der Waals surface area contributed by atoms with Crippen molar-refractivity contribution in [1.82, 2.24) is 4.90 Å². The predicted octanol–water partition coefficient (Wildman–Crippen LogP) is 3.25. The molecule has 1 atom stereocenters. The third kappa shape index (κ3) is 2.71. The Morgan fingerprint density at radius 2 is 2.00 bits per heavy atom. The van der Waals surface area contributed by atoms with Gasteiger partial charge in [0.25, 0.3) is 0 Å². The van der Waals surface area contributed by atoms with Crippen LogP contribution in [0.3, 0.4) is 0 Å². The summed E-state index contributed by atoms with van der Waals surface area (Å²) in [5.41, 5.74) is 1.38. The molecular formula is C16H23NO2. The van der Waals surface area contributed by atoms with Gasteiger partial charge in [0, 0.05) is 12.6 Å². The van der Waals surface area contributed by atoms with Gasteiger partial charge in [0.1, 0.15) is 13.2 Å². The molecule has 0 aliphatic carbocycles. The van der Waals surface area contributed by atoms with Crippen molar-refractivity contribution in [2.24, 2.45) is 5.92 Å². The standard InChI is InChI=1S/C16H23NO2/c1-12(2)11-17-7-3-4-14(17)13-5-6-15-16(10-13)19-9-8-18-15/h5-6,10,12,14H,3-4,7-9,11H2,1-2H3/t14-/m1/s1. The first-order chi connectivity index (χ1) is 9.24. The SMILES string of the molecule is CC(C)CN1CCC[C@@H]1c1ccc2c(c1)OCCO2. The summed E-state index contributed by atoms with van der Waals surface area (Å²) >= 11 is 0. The smallest absolute Gasteiger partial charge is 0.161 e. The molecule has 2 aliphatic rings. The number of benzene rings is 1. The molecule has 3 rings (SSSR count). The van der Waals surface area contributed by atoms with E-state index in [-0.39, 0.29) is 0 Å². The summed E-state index contributed by atoms with van der Waals surface area (Å²) in [5.74, 6) is 2.53. The maximum atomic E-state index is 5.70. The van der Waals surface area contributed by atoms with Crippen LogP contribution in [0.25, 0.3) is 0 Å². The van der Waals surface area contributed by atoms with Crippen molar-refractivity contribution in [3.05, 3.63) is 23.8 Å². The van der Waals surface area contributed by atoms with Gasteiger partial charge in [-0.3, -0.25) is 4.90 Å². The van der Waals surface area contributed by atoms with E-state index in [0.717, 1.165) is 17.4 Å². The fraction of sp³-hybridized carbons (Fsp3) is 0.625. The molecule has 19 heavy (non-hydrogen) atoms. The van der Waals surface area contributed by atoms with Crippen molar-refractivity contribution in [1.29, 1.82) is 0 Å². The molecule has 0 amide bonds. The normalized spacial score (nSPS) is 23.0. The van der Waals surface area contributed by atoms with E-state index in [4.69, 9.17) is 9.47 Å². The Balaban J connectivity index is 1.81. The Kier molecular flexibility index (Phi) is 3.65. The van der Waals surface area contributed by atoms with E-state index in [2.05, 4.69) is 36.9 Å². The second-order valence-corrected chi connectivity index (χ2v) is 5.95. The summed E-state index contributed by atoms with van der Waals surface area (Å²) in [5, 5.41) is 0. The van der Waals surface area contributed by atoms with E-state index >= 15 is 0 Å².